The van der Waals surface area contributed by atoms with E-state index in [0.717, 1.165) is 5.56 Å². The minimum atomic E-state index is -0.373. The molecule has 0 atom stereocenters. The summed E-state index contributed by atoms with van der Waals surface area (Å²) in [5, 5.41) is 0. The second-order valence-corrected chi connectivity index (χ2v) is 3.24. The molecule has 0 N–H and O–H groups in total. The summed E-state index contributed by atoms with van der Waals surface area (Å²) in [6.07, 6.45) is 0.581. The van der Waals surface area contributed by atoms with Gasteiger partial charge >= 0.3 is 5.97 Å². The van der Waals surface area contributed by atoms with Crippen LogP contribution in [0, 0.1) is 5.82 Å². The molecule has 0 fully saturated rings. The first kappa shape index (κ1) is 12.6. The molecule has 0 amide bonds. The largest absolute Gasteiger partial charge is 0.464 e. The fourth-order valence-electron chi connectivity index (χ4n) is 1.24. The molecule has 0 aliphatic carbocycles. The van der Waals surface area contributed by atoms with Crippen LogP contribution in [-0.4, -0.2) is 25.8 Å². The maximum Gasteiger partial charge on any atom is 0.332 e. The van der Waals surface area contributed by atoms with Gasteiger partial charge in [0.05, 0.1) is 13.2 Å². The predicted octanol–water partition coefficient (Wildman–Crippen LogP) is 1.95. The second-order valence-electron chi connectivity index (χ2n) is 3.24. The first-order valence-electron chi connectivity index (χ1n) is 5.20. The minimum Gasteiger partial charge on any atom is -0.464 e. The van der Waals surface area contributed by atoms with E-state index in [0.29, 0.717) is 19.6 Å². The summed E-state index contributed by atoms with van der Waals surface area (Å²) < 4.78 is 22.6. The van der Waals surface area contributed by atoms with Crippen molar-refractivity contribution in [3.8, 4) is 0 Å². The number of ether oxygens (including phenoxy) is 2. The fourth-order valence-corrected chi connectivity index (χ4v) is 1.24. The molecule has 0 aliphatic heterocycles. The molecule has 1 aromatic rings. The number of esters is 1. The van der Waals surface area contributed by atoms with Gasteiger partial charge in [0.1, 0.15) is 12.4 Å². The van der Waals surface area contributed by atoms with E-state index < -0.39 is 0 Å². The summed E-state index contributed by atoms with van der Waals surface area (Å²) >= 11 is 0. The fraction of sp³-hybridized carbons (Fsp3) is 0.417. The lowest BCUT2D eigenvalue weighted by molar-refractivity contribution is -0.148. The minimum absolute atomic E-state index is 0.0524. The van der Waals surface area contributed by atoms with Gasteiger partial charge in [-0.3, -0.25) is 0 Å². The van der Waals surface area contributed by atoms with Crippen molar-refractivity contribution >= 4 is 5.97 Å². The van der Waals surface area contributed by atoms with Crippen LogP contribution in [-0.2, 0) is 20.7 Å². The van der Waals surface area contributed by atoms with E-state index in [2.05, 4.69) is 4.74 Å². The molecule has 1 aromatic carbocycles. The van der Waals surface area contributed by atoms with Crippen molar-refractivity contribution in [1.29, 1.82) is 0 Å². The van der Waals surface area contributed by atoms with Crippen molar-refractivity contribution in [2.24, 2.45) is 0 Å². The number of carbonyl (C=O) groups excluding carboxylic acids is 1. The van der Waals surface area contributed by atoms with Gasteiger partial charge in [0.25, 0.3) is 0 Å². The van der Waals surface area contributed by atoms with E-state index in [9.17, 15) is 9.18 Å². The van der Waals surface area contributed by atoms with Crippen LogP contribution in [0.15, 0.2) is 24.3 Å². The van der Waals surface area contributed by atoms with Crippen molar-refractivity contribution in [3.63, 3.8) is 0 Å². The van der Waals surface area contributed by atoms with Crippen LogP contribution in [0.1, 0.15) is 12.5 Å². The molecule has 0 bridgehead atoms. The molecule has 0 radical (unpaired) electrons. The lowest BCUT2D eigenvalue weighted by atomic mass is 10.2. The number of rotatable bonds is 6. The van der Waals surface area contributed by atoms with Gasteiger partial charge in [-0.25, -0.2) is 9.18 Å². The summed E-state index contributed by atoms with van der Waals surface area (Å²) in [5.74, 6) is -0.635. The van der Waals surface area contributed by atoms with Gasteiger partial charge in [0.15, 0.2) is 0 Å². The quantitative estimate of drug-likeness (QED) is 0.549. The maximum absolute atomic E-state index is 12.8. The highest BCUT2D eigenvalue weighted by molar-refractivity contribution is 5.70. The number of benzene rings is 1. The SMILES string of the molecule is CCOC(=O)COCCc1cccc(F)c1. The number of carbonyl (C=O) groups is 1. The van der Waals surface area contributed by atoms with Gasteiger partial charge in [0, 0.05) is 0 Å². The summed E-state index contributed by atoms with van der Waals surface area (Å²) in [7, 11) is 0. The third-order valence-electron chi connectivity index (χ3n) is 1.95. The molecule has 0 saturated carbocycles. The molecule has 3 nitrogen and oxygen atoms in total. The summed E-state index contributed by atoms with van der Waals surface area (Å²) in [5.41, 5.74) is 0.851. The highest BCUT2D eigenvalue weighted by Gasteiger charge is 2.01. The van der Waals surface area contributed by atoms with Crippen LogP contribution in [0.2, 0.25) is 0 Å². The standard InChI is InChI=1S/C12H15FO3/c1-2-16-12(14)9-15-7-6-10-4-3-5-11(13)8-10/h3-5,8H,2,6-7,9H2,1H3. The maximum atomic E-state index is 12.8. The molecule has 0 heterocycles. The highest BCUT2D eigenvalue weighted by Crippen LogP contribution is 2.04. The number of hydrogen-bond donors (Lipinski definition) is 0. The third-order valence-corrected chi connectivity index (χ3v) is 1.95. The molecule has 16 heavy (non-hydrogen) atoms. The summed E-state index contributed by atoms with van der Waals surface area (Å²) in [6.45, 7) is 2.42. The average Bonchev–Trinajstić information content (AvgIpc) is 2.25. The molecule has 0 aliphatic rings. The zero-order chi connectivity index (χ0) is 11.8. The molecule has 0 spiro atoms. The van der Waals surface area contributed by atoms with Crippen molar-refractivity contribution in [1.82, 2.24) is 0 Å². The van der Waals surface area contributed by atoms with Crippen molar-refractivity contribution in [2.45, 2.75) is 13.3 Å². The van der Waals surface area contributed by atoms with Crippen molar-refractivity contribution < 1.29 is 18.7 Å². The lowest BCUT2D eigenvalue weighted by Crippen LogP contribution is -2.13. The van der Waals surface area contributed by atoms with Crippen LogP contribution < -0.4 is 0 Å². The number of halogens is 1. The first-order valence-corrected chi connectivity index (χ1v) is 5.20. The Morgan fingerprint density at radius 3 is 2.94 bits per heavy atom. The molecule has 0 aromatic heterocycles. The average molecular weight is 226 g/mol. The van der Waals surface area contributed by atoms with Crippen molar-refractivity contribution in [2.75, 3.05) is 19.8 Å². The normalized spacial score (nSPS) is 10.1. The van der Waals surface area contributed by atoms with Crippen LogP contribution >= 0.6 is 0 Å². The van der Waals surface area contributed by atoms with Crippen LogP contribution in [0.25, 0.3) is 0 Å². The first-order chi connectivity index (χ1) is 7.72. The van der Waals surface area contributed by atoms with Gasteiger partial charge in [-0.2, -0.15) is 0 Å². The molecular weight excluding hydrogens is 211 g/mol. The molecule has 0 unspecified atom stereocenters. The van der Waals surface area contributed by atoms with Gasteiger partial charge in [-0.05, 0) is 31.0 Å². The van der Waals surface area contributed by atoms with E-state index in [1.54, 1.807) is 13.0 Å². The van der Waals surface area contributed by atoms with Crippen LogP contribution in [0.3, 0.4) is 0 Å². The van der Waals surface area contributed by atoms with E-state index in [1.165, 1.54) is 12.1 Å². The summed E-state index contributed by atoms with van der Waals surface area (Å²) in [4.78, 5) is 10.9. The van der Waals surface area contributed by atoms with E-state index in [-0.39, 0.29) is 18.4 Å². The van der Waals surface area contributed by atoms with Crippen LogP contribution in [0.4, 0.5) is 4.39 Å². The molecule has 4 heteroatoms. The van der Waals surface area contributed by atoms with Gasteiger partial charge in [-0.15, -0.1) is 0 Å². The van der Waals surface area contributed by atoms with E-state index in [4.69, 9.17) is 4.74 Å². The topological polar surface area (TPSA) is 35.5 Å². The van der Waals surface area contributed by atoms with E-state index in [1.807, 2.05) is 6.07 Å². The highest BCUT2D eigenvalue weighted by atomic mass is 19.1. The Hall–Kier alpha value is -1.42. The Morgan fingerprint density at radius 2 is 2.25 bits per heavy atom. The van der Waals surface area contributed by atoms with Gasteiger partial charge < -0.3 is 9.47 Å². The Labute approximate surface area is 94.2 Å². The van der Waals surface area contributed by atoms with Crippen LogP contribution in [0.5, 0.6) is 0 Å². The molecular formula is C12H15FO3. The smallest absolute Gasteiger partial charge is 0.332 e. The Morgan fingerprint density at radius 1 is 1.44 bits per heavy atom. The summed E-state index contributed by atoms with van der Waals surface area (Å²) in [6, 6.07) is 6.31. The van der Waals surface area contributed by atoms with Gasteiger partial charge in [0.2, 0.25) is 0 Å². The Balaban J connectivity index is 2.18. The monoisotopic (exact) mass is 226 g/mol. The zero-order valence-electron chi connectivity index (χ0n) is 9.24. The predicted molar refractivity (Wildman–Crippen MR) is 57.6 cm³/mol. The molecule has 88 valence electrons. The third kappa shape index (κ3) is 4.89. The second kappa shape index (κ2) is 6.95. The lowest BCUT2D eigenvalue weighted by Gasteiger charge is -2.04. The van der Waals surface area contributed by atoms with Crippen molar-refractivity contribution in [3.05, 3.63) is 35.6 Å². The van der Waals surface area contributed by atoms with E-state index >= 15 is 0 Å². The zero-order valence-corrected chi connectivity index (χ0v) is 9.24. The van der Waals surface area contributed by atoms with Gasteiger partial charge in [-0.1, -0.05) is 12.1 Å². The Bertz CT molecular complexity index is 339. The molecule has 0 saturated heterocycles. The molecule has 1 rings (SSSR count). The number of hydrogen-bond acceptors (Lipinski definition) is 3. The Kier molecular flexibility index (Phi) is 5.50.